The molecule has 2 nitrogen and oxygen atoms in total. The van der Waals surface area contributed by atoms with E-state index in [1.807, 2.05) is 6.92 Å². The molecule has 18 heavy (non-hydrogen) atoms. The first-order valence-corrected chi connectivity index (χ1v) is 7.67. The van der Waals surface area contributed by atoms with Crippen LogP contribution in [0.2, 0.25) is 0 Å². The van der Waals surface area contributed by atoms with Gasteiger partial charge in [-0.3, -0.25) is 0 Å². The molecule has 0 saturated carbocycles. The predicted octanol–water partition coefficient (Wildman–Crippen LogP) is 3.30. The van der Waals surface area contributed by atoms with Gasteiger partial charge < -0.3 is 10.4 Å². The van der Waals surface area contributed by atoms with Crippen LogP contribution < -0.4 is 5.32 Å². The number of nitrogens with one attached hydrogen (secondary N) is 1. The third kappa shape index (κ3) is 7.04. The Morgan fingerprint density at radius 3 is 2.39 bits per heavy atom. The maximum atomic E-state index is 9.19. The van der Waals surface area contributed by atoms with Crippen molar-refractivity contribution in [2.75, 3.05) is 12.3 Å². The number of hydrogen-bond acceptors (Lipinski definition) is 3. The van der Waals surface area contributed by atoms with E-state index in [9.17, 15) is 5.11 Å². The third-order valence-electron chi connectivity index (χ3n) is 2.61. The Labute approximate surface area is 115 Å². The molecule has 0 aliphatic carbocycles. The number of benzene rings is 1. The molecule has 1 aromatic rings. The van der Waals surface area contributed by atoms with Crippen molar-refractivity contribution in [1.82, 2.24) is 5.32 Å². The third-order valence-corrected chi connectivity index (χ3v) is 3.65. The monoisotopic (exact) mass is 267 g/mol. The van der Waals surface area contributed by atoms with Crippen LogP contribution in [0.3, 0.4) is 0 Å². The van der Waals surface area contributed by atoms with Gasteiger partial charge >= 0.3 is 0 Å². The van der Waals surface area contributed by atoms with Crippen LogP contribution in [0.4, 0.5) is 0 Å². The van der Waals surface area contributed by atoms with E-state index in [0.29, 0.717) is 5.92 Å². The molecule has 1 unspecified atom stereocenters. The lowest BCUT2D eigenvalue weighted by atomic mass is 10.2. The molecule has 0 aliphatic heterocycles. The lowest BCUT2D eigenvalue weighted by Gasteiger charge is -2.08. The molecule has 1 atom stereocenters. The maximum absolute atomic E-state index is 9.19. The van der Waals surface area contributed by atoms with Gasteiger partial charge in [0.1, 0.15) is 0 Å². The molecule has 0 radical (unpaired) electrons. The van der Waals surface area contributed by atoms with E-state index in [4.69, 9.17) is 0 Å². The highest BCUT2D eigenvalue weighted by molar-refractivity contribution is 7.99. The van der Waals surface area contributed by atoms with Gasteiger partial charge in [0.2, 0.25) is 0 Å². The maximum Gasteiger partial charge on any atom is 0.0520 e. The van der Waals surface area contributed by atoms with E-state index in [1.54, 1.807) is 11.8 Å². The summed E-state index contributed by atoms with van der Waals surface area (Å²) in [6.45, 7) is 8.27. The fourth-order valence-corrected chi connectivity index (χ4v) is 2.58. The Balaban J connectivity index is 2.28. The summed E-state index contributed by atoms with van der Waals surface area (Å²) in [5.74, 6) is 1.67. The molecule has 1 rings (SSSR count). The summed E-state index contributed by atoms with van der Waals surface area (Å²) in [6.07, 6.45) is 0.652. The molecule has 0 heterocycles. The molecular weight excluding hydrogens is 242 g/mol. The zero-order valence-electron chi connectivity index (χ0n) is 11.6. The highest BCUT2D eigenvalue weighted by Gasteiger charge is 1.99. The average molecular weight is 267 g/mol. The lowest BCUT2D eigenvalue weighted by Crippen LogP contribution is -2.18. The van der Waals surface area contributed by atoms with Gasteiger partial charge in [0.15, 0.2) is 0 Å². The first-order valence-electron chi connectivity index (χ1n) is 6.68. The first kappa shape index (κ1) is 15.5. The van der Waals surface area contributed by atoms with E-state index in [1.165, 1.54) is 10.5 Å². The number of hydrogen-bond donors (Lipinski definition) is 2. The summed E-state index contributed by atoms with van der Waals surface area (Å²) >= 11 is 1.81. The van der Waals surface area contributed by atoms with Gasteiger partial charge in [-0.15, -0.1) is 11.8 Å². The Kier molecular flexibility index (Phi) is 7.40. The summed E-state index contributed by atoms with van der Waals surface area (Å²) in [7, 11) is 0. The topological polar surface area (TPSA) is 32.3 Å². The van der Waals surface area contributed by atoms with E-state index in [0.717, 1.165) is 25.3 Å². The second kappa shape index (κ2) is 8.57. The second-order valence-corrected chi connectivity index (χ2v) is 6.32. The van der Waals surface area contributed by atoms with Gasteiger partial charge in [0.25, 0.3) is 0 Å². The Bertz CT molecular complexity index is 289. The fraction of sp³-hybridized carbons (Fsp3) is 0.600. The van der Waals surface area contributed by atoms with Crippen molar-refractivity contribution in [3.63, 3.8) is 0 Å². The van der Waals surface area contributed by atoms with E-state index >= 15 is 0 Å². The minimum atomic E-state index is -0.197. The summed E-state index contributed by atoms with van der Waals surface area (Å²) in [5, 5.41) is 12.6. The SMILES string of the molecule is CC(C)CNCc1ccc(SCCC(C)O)cc1. The van der Waals surface area contributed by atoms with Crippen LogP contribution >= 0.6 is 11.8 Å². The van der Waals surface area contributed by atoms with Crippen molar-refractivity contribution >= 4 is 11.8 Å². The van der Waals surface area contributed by atoms with Crippen molar-refractivity contribution < 1.29 is 5.11 Å². The quantitative estimate of drug-likeness (QED) is 0.709. The minimum Gasteiger partial charge on any atom is -0.393 e. The Hall–Kier alpha value is -0.510. The largest absolute Gasteiger partial charge is 0.393 e. The molecule has 0 saturated heterocycles. The molecule has 0 spiro atoms. The molecule has 0 aliphatic rings. The molecule has 1 aromatic carbocycles. The minimum absolute atomic E-state index is 0.197. The van der Waals surface area contributed by atoms with Crippen LogP contribution in [0.1, 0.15) is 32.8 Å². The normalized spacial score (nSPS) is 12.9. The van der Waals surface area contributed by atoms with Crippen molar-refractivity contribution in [3.05, 3.63) is 29.8 Å². The van der Waals surface area contributed by atoms with E-state index in [-0.39, 0.29) is 6.10 Å². The number of aliphatic hydroxyl groups excluding tert-OH is 1. The summed E-state index contributed by atoms with van der Waals surface area (Å²) in [5.41, 5.74) is 1.33. The molecule has 0 aromatic heterocycles. The molecule has 2 N–H and O–H groups in total. The molecule has 3 heteroatoms. The number of aliphatic hydroxyl groups is 1. The predicted molar refractivity (Wildman–Crippen MR) is 80.0 cm³/mol. The van der Waals surface area contributed by atoms with Crippen LogP contribution in [0, 0.1) is 5.92 Å². The number of thioether (sulfide) groups is 1. The number of rotatable bonds is 8. The van der Waals surface area contributed by atoms with Gasteiger partial charge in [0, 0.05) is 17.2 Å². The second-order valence-electron chi connectivity index (χ2n) is 5.15. The van der Waals surface area contributed by atoms with Crippen molar-refractivity contribution in [2.45, 2.75) is 44.7 Å². The average Bonchev–Trinajstić information content (AvgIpc) is 2.30. The fourth-order valence-electron chi connectivity index (χ4n) is 1.56. The van der Waals surface area contributed by atoms with Crippen molar-refractivity contribution in [1.29, 1.82) is 0 Å². The van der Waals surface area contributed by atoms with Crippen LogP contribution in [0.5, 0.6) is 0 Å². The Morgan fingerprint density at radius 2 is 1.83 bits per heavy atom. The summed E-state index contributed by atoms with van der Waals surface area (Å²) in [4.78, 5) is 1.28. The zero-order valence-corrected chi connectivity index (χ0v) is 12.5. The van der Waals surface area contributed by atoms with Gasteiger partial charge in [-0.1, -0.05) is 26.0 Å². The molecular formula is C15H25NOS. The zero-order chi connectivity index (χ0) is 13.4. The summed E-state index contributed by atoms with van der Waals surface area (Å²) < 4.78 is 0. The van der Waals surface area contributed by atoms with Crippen molar-refractivity contribution in [3.8, 4) is 0 Å². The highest BCUT2D eigenvalue weighted by atomic mass is 32.2. The van der Waals surface area contributed by atoms with Gasteiger partial charge in [-0.25, -0.2) is 0 Å². The van der Waals surface area contributed by atoms with Crippen molar-refractivity contribution in [2.24, 2.45) is 5.92 Å². The van der Waals surface area contributed by atoms with Gasteiger partial charge in [0.05, 0.1) is 6.10 Å². The van der Waals surface area contributed by atoms with Crippen LogP contribution in [0.25, 0.3) is 0 Å². The van der Waals surface area contributed by atoms with Crippen LogP contribution in [-0.4, -0.2) is 23.5 Å². The first-order chi connectivity index (χ1) is 8.58. The molecule has 0 bridgehead atoms. The standard InChI is InChI=1S/C15H25NOS/c1-12(2)10-16-11-14-4-6-15(7-5-14)18-9-8-13(3)17/h4-7,12-13,16-17H,8-11H2,1-3H3. The van der Waals surface area contributed by atoms with Crippen LogP contribution in [0.15, 0.2) is 29.2 Å². The molecule has 0 amide bonds. The molecule has 0 fully saturated rings. The van der Waals surface area contributed by atoms with Gasteiger partial charge in [-0.05, 0) is 43.5 Å². The lowest BCUT2D eigenvalue weighted by molar-refractivity contribution is 0.192. The highest BCUT2D eigenvalue weighted by Crippen LogP contribution is 2.19. The molecule has 102 valence electrons. The van der Waals surface area contributed by atoms with Gasteiger partial charge in [-0.2, -0.15) is 0 Å². The summed E-state index contributed by atoms with van der Waals surface area (Å²) in [6, 6.07) is 8.69. The van der Waals surface area contributed by atoms with Crippen LogP contribution in [-0.2, 0) is 6.54 Å². The van der Waals surface area contributed by atoms with E-state index < -0.39 is 0 Å². The Morgan fingerprint density at radius 1 is 1.17 bits per heavy atom. The van der Waals surface area contributed by atoms with E-state index in [2.05, 4.69) is 43.4 Å². The smallest absolute Gasteiger partial charge is 0.0520 e.